The molecule has 0 aliphatic rings. The lowest BCUT2D eigenvalue weighted by atomic mass is 9.96. The number of carbonyl (C=O) groups excluding carboxylic acids is 3. The summed E-state index contributed by atoms with van der Waals surface area (Å²) in [7, 11) is 0. The van der Waals surface area contributed by atoms with Crippen molar-refractivity contribution in [2.75, 3.05) is 10.6 Å². The van der Waals surface area contributed by atoms with Gasteiger partial charge in [-0.05, 0) is 31.5 Å². The zero-order valence-electron chi connectivity index (χ0n) is 17.6. The van der Waals surface area contributed by atoms with Crippen molar-refractivity contribution in [2.24, 2.45) is 5.41 Å². The topological polar surface area (TPSA) is 128 Å². The fraction of sp³-hybridized carbons (Fsp3) is 0.350. The molecular weight excluding hydrogens is 446 g/mol. The molecule has 0 saturated heterocycles. The number of nitrogens with one attached hydrogen (secondary N) is 2. The molecule has 166 valence electrons. The highest BCUT2D eigenvalue weighted by Gasteiger charge is 2.25. The minimum atomic E-state index is -1.20. The molecule has 9 nitrogen and oxygen atoms in total. The average Bonchev–Trinajstić information content (AvgIpc) is 3.02. The molecule has 0 aliphatic heterocycles. The van der Waals surface area contributed by atoms with Gasteiger partial charge in [-0.2, -0.15) is 0 Å². The number of amides is 2. The predicted octanol–water partition coefficient (Wildman–Crippen LogP) is 4.79. The molecule has 0 aliphatic carbocycles. The summed E-state index contributed by atoms with van der Waals surface area (Å²) in [5.41, 5.74) is -0.223. The fourth-order valence-corrected chi connectivity index (χ4v) is 3.39. The maximum absolute atomic E-state index is 12.5. The van der Waals surface area contributed by atoms with Gasteiger partial charge in [-0.15, -0.1) is 11.3 Å². The number of nitro groups is 1. The van der Waals surface area contributed by atoms with Gasteiger partial charge in [-0.1, -0.05) is 32.4 Å². The number of esters is 1. The van der Waals surface area contributed by atoms with Crippen LogP contribution in [0.2, 0.25) is 5.02 Å². The van der Waals surface area contributed by atoms with Crippen LogP contribution in [-0.2, 0) is 14.3 Å². The Hall–Kier alpha value is -2.98. The highest BCUT2D eigenvalue weighted by molar-refractivity contribution is 7.18. The summed E-state index contributed by atoms with van der Waals surface area (Å²) in [5, 5.41) is 16.7. The second-order valence-corrected chi connectivity index (χ2v) is 9.24. The van der Waals surface area contributed by atoms with Gasteiger partial charge in [0.25, 0.3) is 11.6 Å². The number of nitro benzene ring substituents is 1. The van der Waals surface area contributed by atoms with Crippen molar-refractivity contribution in [2.45, 2.75) is 40.7 Å². The summed E-state index contributed by atoms with van der Waals surface area (Å²) in [6, 6.07) is 5.26. The summed E-state index contributed by atoms with van der Waals surface area (Å²) in [6.07, 6.45) is -1.20. The molecule has 11 heteroatoms. The van der Waals surface area contributed by atoms with Gasteiger partial charge in [0.1, 0.15) is 4.88 Å². The van der Waals surface area contributed by atoms with Crippen LogP contribution in [0.15, 0.2) is 24.3 Å². The van der Waals surface area contributed by atoms with E-state index >= 15 is 0 Å². The van der Waals surface area contributed by atoms with Crippen LogP contribution in [0.4, 0.5) is 16.4 Å². The van der Waals surface area contributed by atoms with Crippen molar-refractivity contribution in [1.29, 1.82) is 0 Å². The molecule has 1 unspecified atom stereocenters. The number of rotatable bonds is 6. The van der Waals surface area contributed by atoms with Gasteiger partial charge in [-0.25, -0.2) is 4.79 Å². The molecular formula is C20H22ClN3O6S. The van der Waals surface area contributed by atoms with Gasteiger partial charge in [-0.3, -0.25) is 19.7 Å². The largest absolute Gasteiger partial charge is 0.448 e. The molecule has 2 aromatic rings. The highest BCUT2D eigenvalue weighted by Crippen LogP contribution is 2.30. The summed E-state index contributed by atoms with van der Waals surface area (Å²) in [5.74, 6) is -1.63. The number of thiophene rings is 1. The summed E-state index contributed by atoms with van der Waals surface area (Å²) in [4.78, 5) is 47.6. The lowest BCUT2D eigenvalue weighted by molar-refractivity contribution is -0.384. The first kappa shape index (κ1) is 24.3. The first-order chi connectivity index (χ1) is 14.3. The number of anilines is 2. The Labute approximate surface area is 187 Å². The summed E-state index contributed by atoms with van der Waals surface area (Å²) in [6.45, 7) is 8.36. The van der Waals surface area contributed by atoms with E-state index in [1.807, 2.05) is 0 Å². The number of hydrogen-bond donors (Lipinski definition) is 2. The number of non-ortho nitro benzene ring substituents is 1. The van der Waals surface area contributed by atoms with E-state index in [2.05, 4.69) is 10.6 Å². The zero-order valence-corrected chi connectivity index (χ0v) is 19.1. The van der Waals surface area contributed by atoms with E-state index in [-0.39, 0.29) is 27.2 Å². The SMILES string of the molecule is Cc1cc(NC(=O)C(C)(C)C)sc1C(=O)OC(C)C(=O)Nc1cc([N+](=O)[O-])ccc1Cl. The van der Waals surface area contributed by atoms with E-state index in [1.165, 1.54) is 19.1 Å². The molecule has 0 bridgehead atoms. The Morgan fingerprint density at radius 1 is 1.19 bits per heavy atom. The van der Waals surface area contributed by atoms with E-state index < -0.39 is 28.3 Å². The Balaban J connectivity index is 2.07. The minimum absolute atomic E-state index is 0.0308. The Morgan fingerprint density at radius 3 is 2.42 bits per heavy atom. The molecule has 1 aromatic heterocycles. The van der Waals surface area contributed by atoms with Crippen LogP contribution in [0.3, 0.4) is 0 Å². The van der Waals surface area contributed by atoms with Gasteiger partial charge < -0.3 is 15.4 Å². The lowest BCUT2D eigenvalue weighted by Gasteiger charge is -2.16. The standard InChI is InChI=1S/C20H22ClN3O6S/c1-10-8-15(23-19(27)20(3,4)5)31-16(10)18(26)30-11(2)17(25)22-14-9-12(24(28)29)6-7-13(14)21/h6-9,11H,1-5H3,(H,22,25)(H,23,27). The second kappa shape index (κ2) is 9.44. The van der Waals surface area contributed by atoms with Crippen molar-refractivity contribution in [3.05, 3.63) is 49.8 Å². The van der Waals surface area contributed by atoms with E-state index in [0.717, 1.165) is 17.4 Å². The molecule has 1 aromatic carbocycles. The van der Waals surface area contributed by atoms with Crippen LogP contribution in [0.1, 0.15) is 42.9 Å². The second-order valence-electron chi connectivity index (χ2n) is 7.78. The molecule has 31 heavy (non-hydrogen) atoms. The zero-order chi connectivity index (χ0) is 23.5. The molecule has 0 spiro atoms. The number of nitrogens with zero attached hydrogens (tertiary/aromatic N) is 1. The molecule has 2 N–H and O–H groups in total. The van der Waals surface area contributed by atoms with Crippen molar-refractivity contribution in [1.82, 2.24) is 0 Å². The monoisotopic (exact) mass is 467 g/mol. The first-order valence-corrected chi connectivity index (χ1v) is 10.4. The normalized spacial score (nSPS) is 12.1. The van der Waals surface area contributed by atoms with Crippen LogP contribution in [-0.4, -0.2) is 28.8 Å². The van der Waals surface area contributed by atoms with Gasteiger partial charge in [0.15, 0.2) is 6.10 Å². The third-order valence-electron chi connectivity index (χ3n) is 4.09. The number of benzene rings is 1. The maximum atomic E-state index is 12.5. The van der Waals surface area contributed by atoms with Crippen LogP contribution in [0.25, 0.3) is 0 Å². The number of carbonyl (C=O) groups is 3. The number of hydrogen-bond acceptors (Lipinski definition) is 7. The van der Waals surface area contributed by atoms with E-state index in [9.17, 15) is 24.5 Å². The third-order valence-corrected chi connectivity index (χ3v) is 5.55. The molecule has 0 saturated carbocycles. The first-order valence-electron chi connectivity index (χ1n) is 9.17. The van der Waals surface area contributed by atoms with Crippen LogP contribution in [0, 0.1) is 22.5 Å². The lowest BCUT2D eigenvalue weighted by Crippen LogP contribution is -2.30. The molecule has 2 rings (SSSR count). The molecule has 0 radical (unpaired) electrons. The Morgan fingerprint density at radius 2 is 1.84 bits per heavy atom. The van der Waals surface area contributed by atoms with Gasteiger partial charge in [0, 0.05) is 17.5 Å². The van der Waals surface area contributed by atoms with E-state index in [4.69, 9.17) is 16.3 Å². The Bertz CT molecular complexity index is 1040. The van der Waals surface area contributed by atoms with Crippen molar-refractivity contribution in [3.8, 4) is 0 Å². The van der Waals surface area contributed by atoms with Gasteiger partial charge in [0.2, 0.25) is 5.91 Å². The number of aryl methyl sites for hydroxylation is 1. The maximum Gasteiger partial charge on any atom is 0.349 e. The Kier molecular flexibility index (Phi) is 7.40. The van der Waals surface area contributed by atoms with Crippen LogP contribution < -0.4 is 10.6 Å². The predicted molar refractivity (Wildman–Crippen MR) is 119 cm³/mol. The number of ether oxygens (including phenoxy) is 1. The highest BCUT2D eigenvalue weighted by atomic mass is 35.5. The summed E-state index contributed by atoms with van der Waals surface area (Å²) >= 11 is 7.01. The summed E-state index contributed by atoms with van der Waals surface area (Å²) < 4.78 is 5.22. The van der Waals surface area contributed by atoms with Gasteiger partial charge >= 0.3 is 5.97 Å². The minimum Gasteiger partial charge on any atom is -0.448 e. The van der Waals surface area contributed by atoms with E-state index in [0.29, 0.717) is 10.6 Å². The van der Waals surface area contributed by atoms with Crippen molar-refractivity contribution in [3.63, 3.8) is 0 Å². The van der Waals surface area contributed by atoms with E-state index in [1.54, 1.807) is 33.8 Å². The van der Waals surface area contributed by atoms with Crippen molar-refractivity contribution < 1.29 is 24.0 Å². The average molecular weight is 468 g/mol. The molecule has 1 heterocycles. The molecule has 0 fully saturated rings. The quantitative estimate of drug-likeness (QED) is 0.357. The van der Waals surface area contributed by atoms with Gasteiger partial charge in [0.05, 0.1) is 20.6 Å². The fourth-order valence-electron chi connectivity index (χ4n) is 2.27. The third kappa shape index (κ3) is 6.25. The molecule has 1 atom stereocenters. The van der Waals surface area contributed by atoms with Crippen LogP contribution >= 0.6 is 22.9 Å². The van der Waals surface area contributed by atoms with Crippen molar-refractivity contribution >= 4 is 57.1 Å². The van der Waals surface area contributed by atoms with Crippen LogP contribution in [0.5, 0.6) is 0 Å². The number of halogens is 1. The molecule has 2 amide bonds. The smallest absolute Gasteiger partial charge is 0.349 e.